The van der Waals surface area contributed by atoms with E-state index in [2.05, 4.69) is 30.8 Å². The molecule has 1 aromatic carbocycles. The van der Waals surface area contributed by atoms with E-state index in [0.29, 0.717) is 0 Å². The van der Waals surface area contributed by atoms with E-state index in [1.165, 1.54) is 17.5 Å². The highest BCUT2D eigenvalue weighted by Gasteiger charge is 1.93. The molecular formula is C12H17N. The predicted molar refractivity (Wildman–Crippen MR) is 58.5 cm³/mol. The molecule has 0 saturated heterocycles. The van der Waals surface area contributed by atoms with Crippen molar-refractivity contribution in [3.05, 3.63) is 42.0 Å². The SMILES string of the molecule is C=Cc1cccc(CCCCN)c1. The van der Waals surface area contributed by atoms with Gasteiger partial charge in [-0.2, -0.15) is 0 Å². The van der Waals surface area contributed by atoms with Gasteiger partial charge in [0.2, 0.25) is 0 Å². The summed E-state index contributed by atoms with van der Waals surface area (Å²) in [6.07, 6.45) is 5.29. The van der Waals surface area contributed by atoms with Crippen LogP contribution < -0.4 is 5.73 Å². The molecule has 0 aliphatic heterocycles. The third kappa shape index (κ3) is 3.43. The Morgan fingerprint density at radius 2 is 2.15 bits per heavy atom. The maximum Gasteiger partial charge on any atom is -0.00772 e. The van der Waals surface area contributed by atoms with E-state index in [9.17, 15) is 0 Å². The van der Waals surface area contributed by atoms with Crippen LogP contribution in [0.4, 0.5) is 0 Å². The Balaban J connectivity index is 2.51. The molecule has 70 valence electrons. The minimum atomic E-state index is 0.793. The van der Waals surface area contributed by atoms with Crippen molar-refractivity contribution >= 4 is 6.08 Å². The smallest absolute Gasteiger partial charge is 0.00772 e. The maximum absolute atomic E-state index is 5.43. The van der Waals surface area contributed by atoms with Gasteiger partial charge in [0.1, 0.15) is 0 Å². The quantitative estimate of drug-likeness (QED) is 0.684. The summed E-state index contributed by atoms with van der Waals surface area (Å²) in [6, 6.07) is 8.49. The van der Waals surface area contributed by atoms with Crippen molar-refractivity contribution in [1.29, 1.82) is 0 Å². The lowest BCUT2D eigenvalue weighted by Crippen LogP contribution is -1.98. The van der Waals surface area contributed by atoms with Crippen molar-refractivity contribution in [3.63, 3.8) is 0 Å². The van der Waals surface area contributed by atoms with Crippen LogP contribution in [0.3, 0.4) is 0 Å². The van der Waals surface area contributed by atoms with Crippen LogP contribution in [0.15, 0.2) is 30.8 Å². The largest absolute Gasteiger partial charge is 0.330 e. The van der Waals surface area contributed by atoms with E-state index < -0.39 is 0 Å². The zero-order valence-corrected chi connectivity index (χ0v) is 8.00. The summed E-state index contributed by atoms with van der Waals surface area (Å²) in [4.78, 5) is 0. The van der Waals surface area contributed by atoms with Crippen LogP contribution in [0.25, 0.3) is 6.08 Å². The minimum absolute atomic E-state index is 0.793. The number of aryl methyl sites for hydroxylation is 1. The number of nitrogens with two attached hydrogens (primary N) is 1. The first kappa shape index (κ1) is 10.0. The molecule has 0 spiro atoms. The van der Waals surface area contributed by atoms with E-state index in [-0.39, 0.29) is 0 Å². The van der Waals surface area contributed by atoms with Crippen LogP contribution in [-0.4, -0.2) is 6.54 Å². The second kappa shape index (κ2) is 5.55. The van der Waals surface area contributed by atoms with E-state index in [0.717, 1.165) is 19.4 Å². The van der Waals surface area contributed by atoms with Crippen molar-refractivity contribution < 1.29 is 0 Å². The van der Waals surface area contributed by atoms with Crippen LogP contribution in [0.5, 0.6) is 0 Å². The first-order valence-electron chi connectivity index (χ1n) is 4.78. The molecule has 0 aliphatic rings. The summed E-state index contributed by atoms with van der Waals surface area (Å²) < 4.78 is 0. The van der Waals surface area contributed by atoms with Gasteiger partial charge in [-0.1, -0.05) is 36.9 Å². The van der Waals surface area contributed by atoms with Gasteiger partial charge in [-0.15, -0.1) is 0 Å². The van der Waals surface area contributed by atoms with Crippen molar-refractivity contribution in [2.45, 2.75) is 19.3 Å². The first-order valence-corrected chi connectivity index (χ1v) is 4.78. The number of unbranched alkanes of at least 4 members (excludes halogenated alkanes) is 1. The van der Waals surface area contributed by atoms with Crippen molar-refractivity contribution in [1.82, 2.24) is 0 Å². The molecule has 0 radical (unpaired) electrons. The van der Waals surface area contributed by atoms with Gasteiger partial charge in [0, 0.05) is 0 Å². The number of hydrogen-bond donors (Lipinski definition) is 1. The molecule has 1 rings (SSSR count). The maximum atomic E-state index is 5.43. The van der Waals surface area contributed by atoms with Crippen LogP contribution in [0.2, 0.25) is 0 Å². The third-order valence-electron chi connectivity index (χ3n) is 2.11. The van der Waals surface area contributed by atoms with Gasteiger partial charge < -0.3 is 5.73 Å². The first-order chi connectivity index (χ1) is 6.36. The number of hydrogen-bond acceptors (Lipinski definition) is 1. The van der Waals surface area contributed by atoms with Crippen LogP contribution in [-0.2, 0) is 6.42 Å². The molecule has 1 nitrogen and oxygen atoms in total. The fraction of sp³-hybridized carbons (Fsp3) is 0.333. The van der Waals surface area contributed by atoms with Gasteiger partial charge in [0.15, 0.2) is 0 Å². The highest BCUT2D eigenvalue weighted by atomic mass is 14.5. The molecule has 0 aliphatic carbocycles. The van der Waals surface area contributed by atoms with E-state index in [1.54, 1.807) is 0 Å². The Morgan fingerprint density at radius 3 is 2.85 bits per heavy atom. The Hall–Kier alpha value is -1.08. The van der Waals surface area contributed by atoms with Gasteiger partial charge >= 0.3 is 0 Å². The molecule has 13 heavy (non-hydrogen) atoms. The lowest BCUT2D eigenvalue weighted by Gasteiger charge is -2.01. The fourth-order valence-corrected chi connectivity index (χ4v) is 1.35. The average Bonchev–Trinajstić information content (AvgIpc) is 2.19. The molecular weight excluding hydrogens is 158 g/mol. The molecule has 1 heteroatoms. The molecule has 0 fully saturated rings. The summed E-state index contributed by atoms with van der Waals surface area (Å²) in [7, 11) is 0. The highest BCUT2D eigenvalue weighted by molar-refractivity contribution is 5.47. The fourth-order valence-electron chi connectivity index (χ4n) is 1.35. The molecule has 0 bridgehead atoms. The topological polar surface area (TPSA) is 26.0 Å². The van der Waals surface area contributed by atoms with Crippen LogP contribution in [0, 0.1) is 0 Å². The van der Waals surface area contributed by atoms with E-state index in [4.69, 9.17) is 5.73 Å². The summed E-state index contributed by atoms with van der Waals surface area (Å²) in [5, 5.41) is 0. The van der Waals surface area contributed by atoms with Gasteiger partial charge in [-0.25, -0.2) is 0 Å². The highest BCUT2D eigenvalue weighted by Crippen LogP contribution is 2.09. The normalized spacial score (nSPS) is 9.92. The van der Waals surface area contributed by atoms with Crippen molar-refractivity contribution in [2.24, 2.45) is 5.73 Å². The zero-order chi connectivity index (χ0) is 9.52. The summed E-state index contributed by atoms with van der Waals surface area (Å²) >= 11 is 0. The van der Waals surface area contributed by atoms with Crippen molar-refractivity contribution in [2.75, 3.05) is 6.54 Å². The Kier molecular flexibility index (Phi) is 4.27. The van der Waals surface area contributed by atoms with Gasteiger partial charge in [-0.3, -0.25) is 0 Å². The summed E-state index contributed by atoms with van der Waals surface area (Å²) in [6.45, 7) is 4.54. The Morgan fingerprint density at radius 1 is 1.31 bits per heavy atom. The standard InChI is InChI=1S/C12H17N/c1-2-11-7-5-8-12(10-11)6-3-4-9-13/h2,5,7-8,10H,1,3-4,6,9,13H2. The lowest BCUT2D eigenvalue weighted by molar-refractivity contribution is 0.745. The minimum Gasteiger partial charge on any atom is -0.330 e. The lowest BCUT2D eigenvalue weighted by atomic mass is 10.1. The molecule has 0 unspecified atom stereocenters. The monoisotopic (exact) mass is 175 g/mol. The molecule has 1 aromatic rings. The Labute approximate surface area is 80.3 Å². The second-order valence-corrected chi connectivity index (χ2v) is 3.19. The Bertz CT molecular complexity index is 266. The summed E-state index contributed by atoms with van der Waals surface area (Å²) in [5.41, 5.74) is 8.01. The van der Waals surface area contributed by atoms with Crippen molar-refractivity contribution in [3.8, 4) is 0 Å². The molecule has 0 atom stereocenters. The summed E-state index contributed by atoms with van der Waals surface area (Å²) in [5.74, 6) is 0. The third-order valence-corrected chi connectivity index (χ3v) is 2.11. The molecule has 0 aromatic heterocycles. The van der Waals surface area contributed by atoms with E-state index >= 15 is 0 Å². The van der Waals surface area contributed by atoms with Gasteiger partial charge in [-0.05, 0) is 36.9 Å². The van der Waals surface area contributed by atoms with Gasteiger partial charge in [0.25, 0.3) is 0 Å². The van der Waals surface area contributed by atoms with Crippen LogP contribution in [0.1, 0.15) is 24.0 Å². The average molecular weight is 175 g/mol. The predicted octanol–water partition coefficient (Wildman–Crippen LogP) is 2.61. The van der Waals surface area contributed by atoms with E-state index in [1.807, 2.05) is 6.08 Å². The van der Waals surface area contributed by atoms with Gasteiger partial charge in [0.05, 0.1) is 0 Å². The zero-order valence-electron chi connectivity index (χ0n) is 8.00. The molecule has 2 N–H and O–H groups in total. The second-order valence-electron chi connectivity index (χ2n) is 3.19. The number of rotatable bonds is 5. The molecule has 0 saturated carbocycles. The molecule has 0 heterocycles. The number of benzene rings is 1. The van der Waals surface area contributed by atoms with Crippen LogP contribution >= 0.6 is 0 Å². The molecule has 0 amide bonds.